The summed E-state index contributed by atoms with van der Waals surface area (Å²) in [4.78, 5) is 4.62. The lowest BCUT2D eigenvalue weighted by molar-refractivity contribution is 0.0648. The van der Waals surface area contributed by atoms with E-state index in [1.807, 2.05) is 31.3 Å². The van der Waals surface area contributed by atoms with E-state index in [2.05, 4.69) is 57.3 Å². The van der Waals surface area contributed by atoms with Gasteiger partial charge in [-0.1, -0.05) is 50.0 Å². The molecule has 108 valence electrons. The highest BCUT2D eigenvalue weighted by atomic mass is 79.9. The smallest absolute Gasteiger partial charge is 0.143 e. The van der Waals surface area contributed by atoms with Gasteiger partial charge < -0.3 is 9.30 Å². The molecule has 1 unspecified atom stereocenters. The lowest BCUT2D eigenvalue weighted by Gasteiger charge is -2.31. The van der Waals surface area contributed by atoms with Crippen LogP contribution < -0.4 is 0 Å². The Bertz CT molecular complexity index is 563. The van der Waals surface area contributed by atoms with Crippen molar-refractivity contribution in [1.29, 1.82) is 0 Å². The number of imidazole rings is 1. The molecular weight excluding hydrogens is 332 g/mol. The van der Waals surface area contributed by atoms with Crippen molar-refractivity contribution in [3.05, 3.63) is 41.1 Å². The van der Waals surface area contributed by atoms with Gasteiger partial charge in [-0.2, -0.15) is 0 Å². The summed E-state index contributed by atoms with van der Waals surface area (Å²) in [5.74, 6) is 1.04. The number of hydrogen-bond donors (Lipinski definition) is 0. The fourth-order valence-electron chi connectivity index (χ4n) is 2.25. The lowest BCUT2D eigenvalue weighted by Crippen LogP contribution is -2.37. The van der Waals surface area contributed by atoms with Gasteiger partial charge in [0.25, 0.3) is 0 Å². The van der Waals surface area contributed by atoms with Crippen LogP contribution in [0.3, 0.4) is 0 Å². The van der Waals surface area contributed by atoms with Gasteiger partial charge in [-0.15, -0.1) is 0 Å². The molecular formula is C15H21BrN2OSi. The topological polar surface area (TPSA) is 27.1 Å². The van der Waals surface area contributed by atoms with Crippen molar-refractivity contribution in [3.8, 4) is 11.4 Å². The molecule has 0 saturated heterocycles. The van der Waals surface area contributed by atoms with Crippen molar-refractivity contribution in [2.45, 2.75) is 32.4 Å². The Morgan fingerprint density at radius 2 is 1.90 bits per heavy atom. The van der Waals surface area contributed by atoms with E-state index in [0.29, 0.717) is 6.61 Å². The molecule has 0 bridgehead atoms. The second kappa shape index (κ2) is 6.24. The second-order valence-electron chi connectivity index (χ2n) is 5.83. The predicted molar refractivity (Wildman–Crippen MR) is 89.4 cm³/mol. The van der Waals surface area contributed by atoms with Gasteiger partial charge in [0, 0.05) is 18.4 Å². The minimum absolute atomic E-state index is 0.0847. The molecule has 0 aliphatic carbocycles. The summed E-state index contributed by atoms with van der Waals surface area (Å²) < 4.78 is 9.05. The average Bonchev–Trinajstić information content (AvgIpc) is 2.77. The molecule has 0 fully saturated rings. The van der Waals surface area contributed by atoms with Gasteiger partial charge in [-0.3, -0.25) is 0 Å². The quantitative estimate of drug-likeness (QED) is 0.727. The molecule has 1 aromatic carbocycles. The van der Waals surface area contributed by atoms with Crippen LogP contribution in [-0.2, 0) is 4.74 Å². The van der Waals surface area contributed by atoms with Crippen molar-refractivity contribution in [1.82, 2.24) is 9.55 Å². The summed E-state index contributed by atoms with van der Waals surface area (Å²) in [6, 6.07) is 10.3. The molecule has 3 nitrogen and oxygen atoms in total. The first-order valence-electron chi connectivity index (χ1n) is 6.85. The van der Waals surface area contributed by atoms with Gasteiger partial charge in [0.05, 0.1) is 0 Å². The van der Waals surface area contributed by atoms with Crippen LogP contribution in [-0.4, -0.2) is 24.2 Å². The molecule has 0 amide bonds. The van der Waals surface area contributed by atoms with E-state index in [4.69, 9.17) is 4.74 Å². The van der Waals surface area contributed by atoms with Crippen LogP contribution in [0.1, 0.15) is 12.8 Å². The van der Waals surface area contributed by atoms with Crippen LogP contribution in [0.2, 0.25) is 19.6 Å². The van der Waals surface area contributed by atoms with Crippen LogP contribution in [0.4, 0.5) is 0 Å². The normalized spacial score (nSPS) is 13.4. The van der Waals surface area contributed by atoms with E-state index in [1.165, 1.54) is 0 Å². The summed E-state index contributed by atoms with van der Waals surface area (Å²) in [7, 11) is -1.52. The Morgan fingerprint density at radius 3 is 2.45 bits per heavy atom. The largest absolute Gasteiger partial charge is 0.362 e. The van der Waals surface area contributed by atoms with E-state index in [0.717, 1.165) is 16.0 Å². The maximum Gasteiger partial charge on any atom is 0.143 e. The van der Waals surface area contributed by atoms with Gasteiger partial charge in [-0.25, -0.2) is 4.98 Å². The Kier molecular flexibility index (Phi) is 4.83. The molecule has 0 spiro atoms. The Balaban J connectivity index is 2.51. The monoisotopic (exact) mass is 352 g/mol. The third-order valence-electron chi connectivity index (χ3n) is 3.05. The maximum absolute atomic E-state index is 6.03. The fourth-order valence-corrected chi connectivity index (χ4v) is 4.34. The molecule has 0 N–H and O–H groups in total. The number of ether oxygens (including phenoxy) is 1. The van der Waals surface area contributed by atoms with Gasteiger partial charge >= 0.3 is 0 Å². The molecule has 5 heteroatoms. The first-order chi connectivity index (χ1) is 9.43. The van der Waals surface area contributed by atoms with E-state index in [-0.39, 0.29) is 5.85 Å². The SMILES string of the molecule is CCOC(n1cc(Br)nc1-c1ccccc1)[Si](C)(C)C. The number of hydrogen-bond acceptors (Lipinski definition) is 2. The number of benzene rings is 1. The molecule has 20 heavy (non-hydrogen) atoms. The summed E-state index contributed by atoms with van der Waals surface area (Å²) in [6.07, 6.45) is 2.03. The van der Waals surface area contributed by atoms with Crippen molar-refractivity contribution in [2.24, 2.45) is 0 Å². The van der Waals surface area contributed by atoms with Gasteiger partial charge in [0.2, 0.25) is 0 Å². The van der Waals surface area contributed by atoms with E-state index < -0.39 is 8.07 Å². The van der Waals surface area contributed by atoms with Gasteiger partial charge in [-0.05, 0) is 22.9 Å². The van der Waals surface area contributed by atoms with E-state index >= 15 is 0 Å². The minimum Gasteiger partial charge on any atom is -0.362 e. The van der Waals surface area contributed by atoms with Crippen LogP contribution in [0, 0.1) is 0 Å². The molecule has 1 aromatic heterocycles. The van der Waals surface area contributed by atoms with E-state index in [1.54, 1.807) is 0 Å². The molecule has 0 saturated carbocycles. The summed E-state index contributed by atoms with van der Waals surface area (Å²) in [5.41, 5.74) is 1.11. The highest BCUT2D eigenvalue weighted by Gasteiger charge is 2.31. The fraction of sp³-hybridized carbons (Fsp3) is 0.400. The Hall–Kier alpha value is -0.913. The Morgan fingerprint density at radius 1 is 1.25 bits per heavy atom. The highest BCUT2D eigenvalue weighted by Crippen LogP contribution is 2.30. The minimum atomic E-state index is -1.52. The van der Waals surface area contributed by atoms with Crippen molar-refractivity contribution < 1.29 is 4.74 Å². The number of nitrogens with zero attached hydrogens (tertiary/aromatic N) is 2. The first-order valence-corrected chi connectivity index (χ1v) is 11.2. The van der Waals surface area contributed by atoms with Crippen molar-refractivity contribution in [3.63, 3.8) is 0 Å². The summed E-state index contributed by atoms with van der Waals surface area (Å²) >= 11 is 3.49. The standard InChI is InChI=1S/C15H21BrN2OSi/c1-5-19-15(20(2,3)4)18-11-13(16)17-14(18)12-9-7-6-8-10-12/h6-11,15H,5H2,1-4H3. The zero-order valence-electron chi connectivity index (χ0n) is 12.4. The van der Waals surface area contributed by atoms with Crippen molar-refractivity contribution >= 4 is 24.0 Å². The molecule has 0 aliphatic heterocycles. The maximum atomic E-state index is 6.03. The summed E-state index contributed by atoms with van der Waals surface area (Å²) in [5, 5.41) is 0. The van der Waals surface area contributed by atoms with Crippen LogP contribution in [0.25, 0.3) is 11.4 Å². The molecule has 2 aromatic rings. The average molecular weight is 353 g/mol. The molecule has 1 heterocycles. The highest BCUT2D eigenvalue weighted by molar-refractivity contribution is 9.10. The van der Waals surface area contributed by atoms with Gasteiger partial charge in [0.15, 0.2) is 0 Å². The van der Waals surface area contributed by atoms with Crippen LogP contribution >= 0.6 is 15.9 Å². The van der Waals surface area contributed by atoms with Crippen LogP contribution in [0.15, 0.2) is 41.1 Å². The zero-order valence-corrected chi connectivity index (χ0v) is 15.0. The number of aromatic nitrogens is 2. The first kappa shape index (κ1) is 15.5. The lowest BCUT2D eigenvalue weighted by atomic mass is 10.2. The molecule has 0 aliphatic rings. The van der Waals surface area contributed by atoms with Gasteiger partial charge in [0.1, 0.15) is 24.4 Å². The number of halogens is 1. The predicted octanol–water partition coefficient (Wildman–Crippen LogP) is 4.73. The number of rotatable bonds is 5. The molecule has 1 atom stereocenters. The zero-order chi connectivity index (χ0) is 14.8. The van der Waals surface area contributed by atoms with E-state index in [9.17, 15) is 0 Å². The third-order valence-corrected chi connectivity index (χ3v) is 5.36. The van der Waals surface area contributed by atoms with Crippen LogP contribution in [0.5, 0.6) is 0 Å². The molecule has 0 radical (unpaired) electrons. The van der Waals surface area contributed by atoms with Crippen molar-refractivity contribution in [2.75, 3.05) is 6.61 Å². The summed E-state index contributed by atoms with van der Waals surface area (Å²) in [6.45, 7) is 9.70. The Labute approximate surface area is 130 Å². The molecule has 2 rings (SSSR count). The third kappa shape index (κ3) is 3.40. The second-order valence-corrected chi connectivity index (χ2v) is 11.9.